The Kier molecular flexibility index (Phi) is 7.22. The van der Waals surface area contributed by atoms with Crippen molar-refractivity contribution in [2.45, 2.75) is 37.6 Å². The molecule has 13 heteroatoms. The lowest BCUT2D eigenvalue weighted by Gasteiger charge is -2.19. The maximum Gasteiger partial charge on any atom is 0.328 e. The number of aromatic nitrogens is 2. The van der Waals surface area contributed by atoms with Crippen LogP contribution in [0.25, 0.3) is 0 Å². The molecule has 140 valence electrons. The number of aliphatic hydroxyl groups excluding tert-OH is 2. The summed E-state index contributed by atoms with van der Waals surface area (Å²) in [6, 6.07) is -4.67. The summed E-state index contributed by atoms with van der Waals surface area (Å²) in [5.74, 6) is -2.52. The standard InChI is InChI=1S/C12H20N6O7/c1-4(20)8(11(22)23)16-12(24)15-6(2-7(14)21)10-17-9(18-25-10)5(13)3-19/h4-6,8,19-20H,2-3,13H2,1H3,(H2,14,21)(H,22,23)(H2,15,16,24)/t4?,5-,6-,8?/m1/s1. The number of hydrogen-bond acceptors (Lipinski definition) is 9. The van der Waals surface area contributed by atoms with E-state index in [1.807, 2.05) is 5.32 Å². The minimum Gasteiger partial charge on any atom is -0.480 e. The molecule has 1 rings (SSSR count). The van der Waals surface area contributed by atoms with E-state index in [1.54, 1.807) is 0 Å². The molecule has 0 aliphatic carbocycles. The Morgan fingerprint density at radius 1 is 1.32 bits per heavy atom. The lowest BCUT2D eigenvalue weighted by Crippen LogP contribution is -2.52. The number of carboxylic acid groups (broad SMARTS) is 1. The number of aliphatic hydroxyl groups is 2. The van der Waals surface area contributed by atoms with E-state index >= 15 is 0 Å². The smallest absolute Gasteiger partial charge is 0.328 e. The number of hydrogen-bond donors (Lipinski definition) is 7. The van der Waals surface area contributed by atoms with Crippen LogP contribution in [0.3, 0.4) is 0 Å². The van der Waals surface area contributed by atoms with Crippen molar-refractivity contribution in [1.29, 1.82) is 0 Å². The number of carbonyl (C=O) groups excluding carboxylic acids is 2. The highest BCUT2D eigenvalue weighted by Crippen LogP contribution is 2.16. The summed E-state index contributed by atoms with van der Waals surface area (Å²) in [7, 11) is 0. The molecule has 0 spiro atoms. The lowest BCUT2D eigenvalue weighted by molar-refractivity contribution is -0.141. The maximum atomic E-state index is 11.9. The van der Waals surface area contributed by atoms with Gasteiger partial charge in [-0.05, 0) is 6.92 Å². The number of primary amides is 1. The summed E-state index contributed by atoms with van der Waals surface area (Å²) in [6.07, 6.45) is -1.79. The van der Waals surface area contributed by atoms with Gasteiger partial charge >= 0.3 is 12.0 Å². The number of nitrogens with one attached hydrogen (secondary N) is 2. The predicted octanol–water partition coefficient (Wildman–Crippen LogP) is -2.89. The largest absolute Gasteiger partial charge is 0.480 e. The molecular weight excluding hydrogens is 340 g/mol. The van der Waals surface area contributed by atoms with E-state index in [1.165, 1.54) is 6.92 Å². The first-order valence-corrected chi connectivity index (χ1v) is 7.11. The zero-order valence-electron chi connectivity index (χ0n) is 13.2. The van der Waals surface area contributed by atoms with Crippen molar-refractivity contribution in [1.82, 2.24) is 20.8 Å². The molecule has 0 radical (unpaired) electrons. The van der Waals surface area contributed by atoms with Crippen molar-refractivity contribution < 1.29 is 34.2 Å². The zero-order valence-corrected chi connectivity index (χ0v) is 13.2. The third kappa shape index (κ3) is 5.98. The summed E-state index contributed by atoms with van der Waals surface area (Å²) in [4.78, 5) is 37.9. The van der Waals surface area contributed by atoms with Gasteiger partial charge in [0.25, 0.3) is 0 Å². The number of carboxylic acids is 1. The van der Waals surface area contributed by atoms with Gasteiger partial charge in [-0.3, -0.25) is 4.79 Å². The number of amides is 3. The Balaban J connectivity index is 2.89. The van der Waals surface area contributed by atoms with Crippen LogP contribution in [0.5, 0.6) is 0 Å². The van der Waals surface area contributed by atoms with E-state index in [-0.39, 0.29) is 11.7 Å². The molecule has 2 unspecified atom stereocenters. The molecule has 1 aromatic heterocycles. The Labute approximate surface area is 141 Å². The second-order valence-electron chi connectivity index (χ2n) is 5.18. The van der Waals surface area contributed by atoms with Crippen molar-refractivity contribution in [2.24, 2.45) is 11.5 Å². The number of aliphatic carboxylic acids is 1. The van der Waals surface area contributed by atoms with E-state index in [4.69, 9.17) is 26.2 Å². The van der Waals surface area contributed by atoms with Crippen molar-refractivity contribution >= 4 is 17.9 Å². The van der Waals surface area contributed by atoms with Crippen molar-refractivity contribution in [3.8, 4) is 0 Å². The van der Waals surface area contributed by atoms with Crippen molar-refractivity contribution in [3.63, 3.8) is 0 Å². The first-order chi connectivity index (χ1) is 11.6. The molecule has 3 amide bonds. The van der Waals surface area contributed by atoms with Gasteiger partial charge in [-0.2, -0.15) is 4.98 Å². The average molecular weight is 360 g/mol. The van der Waals surface area contributed by atoms with Crippen LogP contribution in [0.4, 0.5) is 4.79 Å². The lowest BCUT2D eigenvalue weighted by atomic mass is 10.2. The van der Waals surface area contributed by atoms with Crippen LogP contribution in [-0.4, -0.2) is 62.1 Å². The van der Waals surface area contributed by atoms with Gasteiger partial charge in [0.15, 0.2) is 11.9 Å². The van der Waals surface area contributed by atoms with Crippen LogP contribution < -0.4 is 22.1 Å². The summed E-state index contributed by atoms with van der Waals surface area (Å²) >= 11 is 0. The maximum absolute atomic E-state index is 11.9. The number of nitrogens with zero attached hydrogens (tertiary/aromatic N) is 2. The third-order valence-corrected chi connectivity index (χ3v) is 3.03. The van der Waals surface area contributed by atoms with Crippen LogP contribution >= 0.6 is 0 Å². The highest BCUT2D eigenvalue weighted by atomic mass is 16.5. The van der Waals surface area contributed by atoms with E-state index in [9.17, 15) is 19.5 Å². The number of nitrogens with two attached hydrogens (primary N) is 2. The van der Waals surface area contributed by atoms with Gasteiger partial charge in [0.2, 0.25) is 11.8 Å². The topological polar surface area (TPSA) is 227 Å². The molecule has 0 aliphatic heterocycles. The molecule has 0 fully saturated rings. The van der Waals surface area contributed by atoms with Gasteiger partial charge in [-0.15, -0.1) is 0 Å². The molecule has 0 saturated heterocycles. The molecule has 1 aromatic rings. The highest BCUT2D eigenvalue weighted by molar-refractivity contribution is 5.83. The number of urea groups is 1. The molecule has 0 bridgehead atoms. The van der Waals surface area contributed by atoms with Gasteiger partial charge in [0, 0.05) is 0 Å². The van der Waals surface area contributed by atoms with E-state index < -0.39 is 55.2 Å². The SMILES string of the molecule is CC(O)C(NC(=O)N[C@H](CC(N)=O)c1nc([C@H](N)CO)no1)C(=O)O. The molecule has 0 saturated carbocycles. The molecular formula is C12H20N6O7. The van der Waals surface area contributed by atoms with Gasteiger partial charge in [-0.25, -0.2) is 9.59 Å². The van der Waals surface area contributed by atoms with Gasteiger partial charge < -0.3 is 41.9 Å². The van der Waals surface area contributed by atoms with E-state index in [0.717, 1.165) is 0 Å². The van der Waals surface area contributed by atoms with E-state index in [0.29, 0.717) is 0 Å². The Morgan fingerprint density at radius 3 is 2.44 bits per heavy atom. The summed E-state index contributed by atoms with van der Waals surface area (Å²) in [5.41, 5.74) is 10.6. The van der Waals surface area contributed by atoms with Crippen LogP contribution in [0, 0.1) is 0 Å². The second kappa shape index (κ2) is 8.91. The first-order valence-electron chi connectivity index (χ1n) is 7.11. The summed E-state index contributed by atoms with van der Waals surface area (Å²) in [5, 5.41) is 35.0. The zero-order chi connectivity index (χ0) is 19.1. The number of rotatable bonds is 9. The van der Waals surface area contributed by atoms with Crippen molar-refractivity contribution in [3.05, 3.63) is 11.7 Å². The minimum atomic E-state index is -1.57. The summed E-state index contributed by atoms with van der Waals surface area (Å²) in [6.45, 7) is 0.725. The van der Waals surface area contributed by atoms with Gasteiger partial charge in [-0.1, -0.05) is 5.16 Å². The van der Waals surface area contributed by atoms with Gasteiger partial charge in [0.05, 0.1) is 25.2 Å². The molecule has 9 N–H and O–H groups in total. The first kappa shape index (κ1) is 20.3. The quantitative estimate of drug-likeness (QED) is 0.238. The molecule has 0 aliphatic rings. The Morgan fingerprint density at radius 2 is 1.96 bits per heavy atom. The molecule has 25 heavy (non-hydrogen) atoms. The van der Waals surface area contributed by atoms with Crippen LogP contribution in [0.1, 0.15) is 37.1 Å². The van der Waals surface area contributed by atoms with Crippen molar-refractivity contribution in [2.75, 3.05) is 6.61 Å². The highest BCUT2D eigenvalue weighted by Gasteiger charge is 2.29. The normalized spacial score (nSPS) is 15.7. The fourth-order valence-electron chi connectivity index (χ4n) is 1.75. The summed E-state index contributed by atoms with van der Waals surface area (Å²) < 4.78 is 4.88. The van der Waals surface area contributed by atoms with E-state index in [2.05, 4.69) is 15.5 Å². The van der Waals surface area contributed by atoms with Crippen LogP contribution in [0.15, 0.2) is 4.52 Å². The number of carbonyl (C=O) groups is 3. The Bertz CT molecular complexity index is 619. The monoisotopic (exact) mass is 360 g/mol. The van der Waals surface area contributed by atoms with Crippen LogP contribution in [0.2, 0.25) is 0 Å². The fourth-order valence-corrected chi connectivity index (χ4v) is 1.75. The second-order valence-corrected chi connectivity index (χ2v) is 5.18. The van der Waals surface area contributed by atoms with Gasteiger partial charge in [0.1, 0.15) is 6.04 Å². The minimum absolute atomic E-state index is 0.0541. The average Bonchev–Trinajstić information content (AvgIpc) is 3.00. The molecule has 4 atom stereocenters. The fraction of sp³-hybridized carbons (Fsp3) is 0.583. The molecule has 0 aromatic carbocycles. The third-order valence-electron chi connectivity index (χ3n) is 3.03. The Hall–Kier alpha value is -2.77. The molecule has 13 nitrogen and oxygen atoms in total. The molecule has 1 heterocycles. The van der Waals surface area contributed by atoms with Crippen LogP contribution in [-0.2, 0) is 9.59 Å². The predicted molar refractivity (Wildman–Crippen MR) is 79.6 cm³/mol.